The van der Waals surface area contributed by atoms with Crippen LogP contribution in [0.4, 0.5) is 0 Å². The van der Waals surface area contributed by atoms with E-state index >= 15 is 0 Å². The van der Waals surface area contributed by atoms with Crippen molar-refractivity contribution < 1.29 is 0 Å². The first-order valence-electron chi connectivity index (χ1n) is 7.16. The van der Waals surface area contributed by atoms with Crippen LogP contribution >= 0.6 is 11.3 Å². The zero-order chi connectivity index (χ0) is 15.6. The summed E-state index contributed by atoms with van der Waals surface area (Å²) >= 11 is 1.54. The van der Waals surface area contributed by atoms with Crippen LogP contribution in [0.1, 0.15) is 10.6 Å². The Kier molecular flexibility index (Phi) is 3.34. The number of nitriles is 1. The van der Waals surface area contributed by atoms with Crippen LogP contribution in [0.5, 0.6) is 0 Å². The minimum Gasteiger partial charge on any atom is -0.256 e. The molecule has 2 aromatic heterocycles. The fourth-order valence-corrected chi connectivity index (χ4v) is 3.46. The van der Waals surface area contributed by atoms with Gasteiger partial charge in [-0.05, 0) is 35.9 Å². The maximum Gasteiger partial charge on any atom is 0.135 e. The van der Waals surface area contributed by atoms with Crippen molar-refractivity contribution in [1.29, 1.82) is 5.26 Å². The van der Waals surface area contributed by atoms with E-state index in [0.717, 1.165) is 31.7 Å². The quantitative estimate of drug-likeness (QED) is 0.494. The van der Waals surface area contributed by atoms with E-state index in [9.17, 15) is 5.26 Å². The van der Waals surface area contributed by atoms with Crippen molar-refractivity contribution in [2.45, 2.75) is 0 Å². The number of fused-ring (bicyclic) bond motifs is 2. The Morgan fingerprint density at radius 2 is 1.78 bits per heavy atom. The molecular formula is C19H11N3S. The van der Waals surface area contributed by atoms with E-state index < -0.39 is 0 Å². The van der Waals surface area contributed by atoms with E-state index in [-0.39, 0.29) is 0 Å². The predicted octanol–water partition coefficient (Wildman–Crippen LogP) is 4.91. The smallest absolute Gasteiger partial charge is 0.135 e. The Balaban J connectivity index is 1.88. The zero-order valence-corrected chi connectivity index (χ0v) is 12.9. The molecule has 3 nitrogen and oxygen atoms in total. The summed E-state index contributed by atoms with van der Waals surface area (Å²) in [6.45, 7) is 0. The molecule has 0 aliphatic heterocycles. The molecule has 4 aromatic rings. The Hall–Kier alpha value is -3.03. The number of rotatable bonds is 2. The average molecular weight is 313 g/mol. The lowest BCUT2D eigenvalue weighted by molar-refractivity contribution is 1.40. The van der Waals surface area contributed by atoms with Gasteiger partial charge in [-0.25, -0.2) is 4.98 Å². The number of hydrogen-bond acceptors (Lipinski definition) is 4. The molecule has 0 unspecified atom stereocenters. The summed E-state index contributed by atoms with van der Waals surface area (Å²) in [5, 5.41) is 11.3. The number of hydrogen-bond donors (Lipinski definition) is 0. The molecule has 0 saturated heterocycles. The largest absolute Gasteiger partial charge is 0.256 e. The van der Waals surface area contributed by atoms with E-state index in [1.165, 1.54) is 11.3 Å². The number of benzene rings is 2. The van der Waals surface area contributed by atoms with Gasteiger partial charge in [0.2, 0.25) is 0 Å². The van der Waals surface area contributed by atoms with Crippen molar-refractivity contribution >= 4 is 44.1 Å². The van der Waals surface area contributed by atoms with E-state index in [0.29, 0.717) is 5.57 Å². The van der Waals surface area contributed by atoms with Crippen LogP contribution in [-0.4, -0.2) is 9.97 Å². The maximum atomic E-state index is 9.57. The van der Waals surface area contributed by atoms with Crippen LogP contribution in [0, 0.1) is 11.3 Å². The molecule has 0 atom stereocenters. The number of para-hydroxylation sites is 2. The highest BCUT2D eigenvalue weighted by atomic mass is 32.1. The maximum absolute atomic E-state index is 9.57. The van der Waals surface area contributed by atoms with Gasteiger partial charge in [-0.1, -0.05) is 30.3 Å². The predicted molar refractivity (Wildman–Crippen MR) is 94.8 cm³/mol. The molecule has 0 amide bonds. The highest BCUT2D eigenvalue weighted by molar-refractivity contribution is 7.19. The highest BCUT2D eigenvalue weighted by Crippen LogP contribution is 2.29. The molecule has 23 heavy (non-hydrogen) atoms. The number of allylic oxidation sites excluding steroid dienone is 1. The molecule has 4 heteroatoms. The zero-order valence-electron chi connectivity index (χ0n) is 12.1. The fourth-order valence-electron chi connectivity index (χ4n) is 2.53. The topological polar surface area (TPSA) is 49.6 Å². The Bertz CT molecular complexity index is 1050. The number of aromatic nitrogens is 2. The SMILES string of the molecule is N#C/C(=C\c1ccnc2ccccc12)c1nc2ccccc2s1. The number of pyridine rings is 1. The molecule has 0 aliphatic rings. The van der Waals surface area contributed by atoms with Gasteiger partial charge in [0.15, 0.2) is 0 Å². The van der Waals surface area contributed by atoms with Crippen molar-refractivity contribution in [2.75, 3.05) is 0 Å². The number of nitrogens with zero attached hydrogens (tertiary/aromatic N) is 3. The van der Waals surface area contributed by atoms with E-state index in [1.54, 1.807) is 6.20 Å². The van der Waals surface area contributed by atoms with Gasteiger partial charge in [-0.2, -0.15) is 5.26 Å². The van der Waals surface area contributed by atoms with Gasteiger partial charge in [0.25, 0.3) is 0 Å². The van der Waals surface area contributed by atoms with Crippen LogP contribution < -0.4 is 0 Å². The van der Waals surface area contributed by atoms with Crippen molar-refractivity contribution in [1.82, 2.24) is 9.97 Å². The van der Waals surface area contributed by atoms with Gasteiger partial charge in [-0.3, -0.25) is 4.98 Å². The van der Waals surface area contributed by atoms with Crippen LogP contribution in [0.2, 0.25) is 0 Å². The Morgan fingerprint density at radius 1 is 1.00 bits per heavy atom. The summed E-state index contributed by atoms with van der Waals surface area (Å²) in [6, 6.07) is 20.1. The third-order valence-corrected chi connectivity index (χ3v) is 4.70. The Labute approximate surface area is 137 Å². The van der Waals surface area contributed by atoms with Gasteiger partial charge in [0.05, 0.1) is 21.3 Å². The van der Waals surface area contributed by atoms with E-state index in [2.05, 4.69) is 16.0 Å². The molecular weight excluding hydrogens is 302 g/mol. The normalized spacial score (nSPS) is 11.7. The summed E-state index contributed by atoms with van der Waals surface area (Å²) in [6.07, 6.45) is 3.66. The van der Waals surface area contributed by atoms with Gasteiger partial charge in [-0.15, -0.1) is 11.3 Å². The lowest BCUT2D eigenvalue weighted by Crippen LogP contribution is -1.84. The molecule has 108 valence electrons. The standard InChI is InChI=1S/C19H11N3S/c20-12-14(19-22-17-7-3-4-8-18(17)23-19)11-13-9-10-21-16-6-2-1-5-15(13)16/h1-11H/b14-11+. The summed E-state index contributed by atoms with van der Waals surface area (Å²) in [5.74, 6) is 0. The molecule has 0 bridgehead atoms. The molecule has 4 rings (SSSR count). The minimum absolute atomic E-state index is 0.572. The van der Waals surface area contributed by atoms with Crippen LogP contribution in [0.3, 0.4) is 0 Å². The van der Waals surface area contributed by atoms with Crippen molar-refractivity contribution in [3.63, 3.8) is 0 Å². The molecule has 0 aliphatic carbocycles. The van der Waals surface area contributed by atoms with Crippen LogP contribution in [-0.2, 0) is 0 Å². The lowest BCUT2D eigenvalue weighted by atomic mass is 10.1. The van der Waals surface area contributed by atoms with Crippen LogP contribution in [0.25, 0.3) is 32.8 Å². The second-order valence-electron chi connectivity index (χ2n) is 5.07. The molecule has 2 heterocycles. The second-order valence-corrected chi connectivity index (χ2v) is 6.10. The second kappa shape index (κ2) is 5.64. The fraction of sp³-hybridized carbons (Fsp3) is 0. The monoisotopic (exact) mass is 313 g/mol. The molecule has 0 fully saturated rings. The Morgan fingerprint density at radius 3 is 2.61 bits per heavy atom. The van der Waals surface area contributed by atoms with Gasteiger partial charge in [0, 0.05) is 11.6 Å². The first kappa shape index (κ1) is 13.6. The third-order valence-electron chi connectivity index (χ3n) is 3.63. The van der Waals surface area contributed by atoms with E-state index in [4.69, 9.17) is 0 Å². The molecule has 0 saturated carbocycles. The molecule has 0 spiro atoms. The molecule has 0 N–H and O–H groups in total. The first-order chi connectivity index (χ1) is 11.3. The van der Waals surface area contributed by atoms with Gasteiger partial charge < -0.3 is 0 Å². The summed E-state index contributed by atoms with van der Waals surface area (Å²) in [5.41, 5.74) is 3.39. The third kappa shape index (κ3) is 2.48. The molecule has 0 radical (unpaired) electrons. The van der Waals surface area contributed by atoms with Gasteiger partial charge >= 0.3 is 0 Å². The molecule has 2 aromatic carbocycles. The first-order valence-corrected chi connectivity index (χ1v) is 7.98. The minimum atomic E-state index is 0.572. The summed E-state index contributed by atoms with van der Waals surface area (Å²) in [7, 11) is 0. The highest BCUT2D eigenvalue weighted by Gasteiger charge is 2.09. The van der Waals surface area contributed by atoms with E-state index in [1.807, 2.05) is 60.7 Å². The van der Waals surface area contributed by atoms with Crippen LogP contribution in [0.15, 0.2) is 60.8 Å². The van der Waals surface area contributed by atoms with Crippen molar-refractivity contribution in [3.05, 3.63) is 71.4 Å². The summed E-state index contributed by atoms with van der Waals surface area (Å²) in [4.78, 5) is 8.93. The van der Waals surface area contributed by atoms with Gasteiger partial charge in [0.1, 0.15) is 11.1 Å². The lowest BCUT2D eigenvalue weighted by Gasteiger charge is -2.01. The van der Waals surface area contributed by atoms with Crippen molar-refractivity contribution in [3.8, 4) is 6.07 Å². The van der Waals surface area contributed by atoms with Crippen molar-refractivity contribution in [2.24, 2.45) is 0 Å². The average Bonchev–Trinajstić information content (AvgIpc) is 3.03. The number of thiazole rings is 1. The summed E-state index contributed by atoms with van der Waals surface area (Å²) < 4.78 is 1.09.